The predicted molar refractivity (Wildman–Crippen MR) is 111 cm³/mol. The van der Waals surface area contributed by atoms with Gasteiger partial charge >= 0.3 is 0 Å². The maximum Gasteiger partial charge on any atom is 0.244 e. The van der Waals surface area contributed by atoms with Gasteiger partial charge in [-0.2, -0.15) is 4.98 Å². The van der Waals surface area contributed by atoms with E-state index >= 15 is 0 Å². The second-order valence-electron chi connectivity index (χ2n) is 10.2. The lowest BCUT2D eigenvalue weighted by Gasteiger charge is -2.39. The number of nitrogens with zero attached hydrogens (tertiary/aromatic N) is 4. The van der Waals surface area contributed by atoms with Crippen molar-refractivity contribution in [2.24, 2.45) is 11.3 Å². The fraction of sp³-hybridized carbons (Fsp3) is 0.818. The van der Waals surface area contributed by atoms with Crippen LogP contribution in [0.4, 0.5) is 0 Å². The highest BCUT2D eigenvalue weighted by Gasteiger charge is 2.49. The number of piperidine rings is 1. The van der Waals surface area contributed by atoms with Crippen LogP contribution in [0.15, 0.2) is 4.52 Å². The zero-order chi connectivity index (χ0) is 21.5. The molecule has 1 saturated carbocycles. The summed E-state index contributed by atoms with van der Waals surface area (Å²) in [5, 5.41) is 7.12. The van der Waals surface area contributed by atoms with Gasteiger partial charge in [-0.3, -0.25) is 14.5 Å². The van der Waals surface area contributed by atoms with Crippen molar-refractivity contribution in [3.63, 3.8) is 0 Å². The molecule has 166 valence electrons. The number of amides is 2. The minimum atomic E-state index is -0.223. The van der Waals surface area contributed by atoms with E-state index in [1.807, 2.05) is 25.7 Å². The standard InChI is InChI=1S/C22H35N5O3/c1-5-21(3,4)24-18(28)13-27-14-22(12-17(27)19-23-15(2)25-30-19)8-10-26(11-9-22)20(29)16-6-7-16/h16-17H,5-14H2,1-4H3,(H,24,28). The monoisotopic (exact) mass is 417 g/mol. The molecule has 0 aromatic carbocycles. The van der Waals surface area contributed by atoms with E-state index in [-0.39, 0.29) is 28.8 Å². The van der Waals surface area contributed by atoms with Crippen molar-refractivity contribution >= 4 is 11.8 Å². The van der Waals surface area contributed by atoms with E-state index in [0.29, 0.717) is 24.2 Å². The minimum absolute atomic E-state index is 0.0292. The molecule has 30 heavy (non-hydrogen) atoms. The van der Waals surface area contributed by atoms with Gasteiger partial charge in [-0.05, 0) is 64.7 Å². The van der Waals surface area contributed by atoms with Gasteiger partial charge in [-0.15, -0.1) is 0 Å². The highest BCUT2D eigenvalue weighted by molar-refractivity contribution is 5.81. The van der Waals surface area contributed by atoms with Crippen molar-refractivity contribution in [2.75, 3.05) is 26.2 Å². The molecule has 0 bridgehead atoms. The number of carbonyl (C=O) groups is 2. The molecule has 1 aliphatic carbocycles. The number of likely N-dealkylation sites (tertiary alicyclic amines) is 2. The Bertz CT molecular complexity index is 792. The van der Waals surface area contributed by atoms with Crippen molar-refractivity contribution in [1.29, 1.82) is 0 Å². The summed E-state index contributed by atoms with van der Waals surface area (Å²) in [6.45, 7) is 10.8. The van der Waals surface area contributed by atoms with Gasteiger partial charge in [0.05, 0.1) is 12.6 Å². The van der Waals surface area contributed by atoms with Gasteiger partial charge in [0.1, 0.15) is 0 Å². The van der Waals surface area contributed by atoms with Crippen LogP contribution in [0.5, 0.6) is 0 Å². The molecule has 1 unspecified atom stereocenters. The summed E-state index contributed by atoms with van der Waals surface area (Å²) in [4.78, 5) is 34.0. The van der Waals surface area contributed by atoms with Crippen molar-refractivity contribution in [3.8, 4) is 0 Å². The number of hydrogen-bond acceptors (Lipinski definition) is 6. The van der Waals surface area contributed by atoms with E-state index in [2.05, 4.69) is 27.3 Å². The topological polar surface area (TPSA) is 91.6 Å². The third-order valence-corrected chi connectivity index (χ3v) is 7.20. The molecule has 3 aliphatic rings. The van der Waals surface area contributed by atoms with Crippen molar-refractivity contribution < 1.29 is 14.1 Å². The van der Waals surface area contributed by atoms with Gasteiger partial charge in [-0.25, -0.2) is 0 Å². The van der Waals surface area contributed by atoms with Gasteiger partial charge in [0.15, 0.2) is 5.82 Å². The molecule has 1 aromatic heterocycles. The molecule has 3 heterocycles. The summed E-state index contributed by atoms with van der Waals surface area (Å²) in [6, 6.07) is -0.0487. The predicted octanol–water partition coefficient (Wildman–Crippen LogP) is 2.45. The molecule has 1 N–H and O–H groups in total. The van der Waals surface area contributed by atoms with Crippen molar-refractivity contribution in [2.45, 2.75) is 77.8 Å². The SMILES string of the molecule is CCC(C)(C)NC(=O)CN1CC2(CCN(C(=O)C3CC3)CC2)CC1c1nc(C)no1. The van der Waals surface area contributed by atoms with Crippen LogP contribution in [0.2, 0.25) is 0 Å². The Morgan fingerprint density at radius 3 is 2.53 bits per heavy atom. The number of hydrogen-bond donors (Lipinski definition) is 1. The summed E-state index contributed by atoms with van der Waals surface area (Å²) in [6.07, 6.45) is 5.80. The molecule has 1 aromatic rings. The third-order valence-electron chi connectivity index (χ3n) is 7.20. The van der Waals surface area contributed by atoms with Gasteiger partial charge in [0.2, 0.25) is 17.7 Å². The lowest BCUT2D eigenvalue weighted by atomic mass is 9.76. The van der Waals surface area contributed by atoms with E-state index < -0.39 is 0 Å². The van der Waals surface area contributed by atoms with Crippen LogP contribution in [0.3, 0.4) is 0 Å². The van der Waals surface area contributed by atoms with Crippen LogP contribution < -0.4 is 5.32 Å². The fourth-order valence-electron chi connectivity index (χ4n) is 4.84. The largest absolute Gasteiger partial charge is 0.350 e. The summed E-state index contributed by atoms with van der Waals surface area (Å²) in [5.74, 6) is 1.86. The third kappa shape index (κ3) is 4.53. The second-order valence-corrected chi connectivity index (χ2v) is 10.2. The second kappa shape index (κ2) is 7.94. The first-order chi connectivity index (χ1) is 14.2. The summed E-state index contributed by atoms with van der Waals surface area (Å²) in [5.41, 5.74) is -0.131. The highest BCUT2D eigenvalue weighted by Crippen LogP contribution is 2.49. The van der Waals surface area contributed by atoms with Gasteiger partial charge in [-0.1, -0.05) is 12.1 Å². The van der Waals surface area contributed by atoms with E-state index in [0.717, 1.165) is 58.2 Å². The Hall–Kier alpha value is -1.96. The summed E-state index contributed by atoms with van der Waals surface area (Å²) in [7, 11) is 0. The molecular weight excluding hydrogens is 382 g/mol. The Morgan fingerprint density at radius 2 is 1.97 bits per heavy atom. The van der Waals surface area contributed by atoms with E-state index in [1.54, 1.807) is 0 Å². The Kier molecular flexibility index (Phi) is 5.64. The number of nitrogens with one attached hydrogen (secondary N) is 1. The molecule has 4 rings (SSSR count). The Balaban J connectivity index is 1.45. The van der Waals surface area contributed by atoms with E-state index in [1.165, 1.54) is 0 Å². The average Bonchev–Trinajstić information content (AvgIpc) is 3.38. The van der Waals surface area contributed by atoms with Crippen LogP contribution in [-0.2, 0) is 9.59 Å². The van der Waals surface area contributed by atoms with Gasteiger partial charge in [0.25, 0.3) is 0 Å². The fourth-order valence-corrected chi connectivity index (χ4v) is 4.84. The van der Waals surface area contributed by atoms with Crippen LogP contribution in [0.25, 0.3) is 0 Å². The average molecular weight is 418 g/mol. The lowest BCUT2D eigenvalue weighted by molar-refractivity contribution is -0.134. The molecule has 1 spiro atoms. The first kappa shape index (κ1) is 21.3. The normalized spacial score (nSPS) is 24.4. The summed E-state index contributed by atoms with van der Waals surface area (Å²) >= 11 is 0. The molecule has 2 amide bonds. The van der Waals surface area contributed by atoms with Gasteiger partial charge in [0, 0.05) is 31.1 Å². The zero-order valence-electron chi connectivity index (χ0n) is 18.7. The van der Waals surface area contributed by atoms with Gasteiger partial charge < -0.3 is 14.7 Å². The molecule has 8 nitrogen and oxygen atoms in total. The smallest absolute Gasteiger partial charge is 0.244 e. The van der Waals surface area contributed by atoms with Crippen LogP contribution >= 0.6 is 0 Å². The molecule has 8 heteroatoms. The molecule has 1 atom stereocenters. The number of carbonyl (C=O) groups excluding carboxylic acids is 2. The number of rotatable bonds is 6. The lowest BCUT2D eigenvalue weighted by Crippen LogP contribution is -2.48. The first-order valence-electron chi connectivity index (χ1n) is 11.3. The Labute approximate surface area is 178 Å². The number of aromatic nitrogens is 2. The molecule has 0 radical (unpaired) electrons. The molecule has 2 saturated heterocycles. The Morgan fingerprint density at radius 1 is 1.27 bits per heavy atom. The zero-order valence-corrected chi connectivity index (χ0v) is 18.7. The van der Waals surface area contributed by atoms with Crippen LogP contribution in [0, 0.1) is 18.3 Å². The van der Waals surface area contributed by atoms with Crippen LogP contribution in [-0.4, -0.2) is 63.5 Å². The van der Waals surface area contributed by atoms with Crippen molar-refractivity contribution in [1.82, 2.24) is 25.3 Å². The molecule has 3 fully saturated rings. The van der Waals surface area contributed by atoms with E-state index in [9.17, 15) is 9.59 Å². The maximum atomic E-state index is 12.8. The van der Waals surface area contributed by atoms with Crippen molar-refractivity contribution in [3.05, 3.63) is 11.7 Å². The number of aryl methyl sites for hydroxylation is 1. The molecular formula is C22H35N5O3. The highest BCUT2D eigenvalue weighted by atomic mass is 16.5. The quantitative estimate of drug-likeness (QED) is 0.764. The first-order valence-corrected chi connectivity index (χ1v) is 11.3. The maximum absolute atomic E-state index is 12.8. The molecule has 2 aliphatic heterocycles. The minimum Gasteiger partial charge on any atom is -0.350 e. The summed E-state index contributed by atoms with van der Waals surface area (Å²) < 4.78 is 5.52. The van der Waals surface area contributed by atoms with E-state index in [4.69, 9.17) is 4.52 Å². The van der Waals surface area contributed by atoms with Crippen LogP contribution in [0.1, 0.15) is 77.1 Å².